The highest BCUT2D eigenvalue weighted by atomic mass is 79.9. The van der Waals surface area contributed by atoms with Crippen LogP contribution in [-0.2, 0) is 6.42 Å². The number of hydrogen-bond acceptors (Lipinski definition) is 8. The van der Waals surface area contributed by atoms with Crippen LogP contribution in [0.25, 0.3) is 56.3 Å². The highest BCUT2D eigenvalue weighted by Crippen LogP contribution is 2.39. The Labute approximate surface area is 231 Å². The van der Waals surface area contributed by atoms with E-state index in [1.165, 1.54) is 5.56 Å². The molecule has 38 heavy (non-hydrogen) atoms. The van der Waals surface area contributed by atoms with Crippen LogP contribution in [0, 0.1) is 0 Å². The van der Waals surface area contributed by atoms with E-state index in [4.69, 9.17) is 18.0 Å². The number of fused-ring (bicyclic) bond motifs is 4. The molecule has 7 aromatic rings. The van der Waals surface area contributed by atoms with Crippen molar-refractivity contribution >= 4 is 65.3 Å². The van der Waals surface area contributed by atoms with Gasteiger partial charge in [0.2, 0.25) is 11.8 Å². The van der Waals surface area contributed by atoms with Crippen molar-refractivity contribution in [2.75, 3.05) is 6.61 Å². The van der Waals surface area contributed by atoms with Crippen molar-refractivity contribution in [2.45, 2.75) is 6.42 Å². The summed E-state index contributed by atoms with van der Waals surface area (Å²) >= 11 is 7.00. The minimum absolute atomic E-state index is 0.509. The zero-order valence-corrected chi connectivity index (χ0v) is 22.7. The summed E-state index contributed by atoms with van der Waals surface area (Å²) < 4.78 is 24.7. The average Bonchev–Trinajstić information content (AvgIpc) is 3.72. The number of benzene rings is 2. The highest BCUT2D eigenvalue weighted by molar-refractivity contribution is 9.10. The molecule has 0 saturated heterocycles. The van der Waals surface area contributed by atoms with E-state index in [0.717, 1.165) is 43.2 Å². The molecule has 5 aromatic heterocycles. The lowest BCUT2D eigenvalue weighted by molar-refractivity contribution is 0.357. The second-order valence-corrected chi connectivity index (χ2v) is 10.4. The lowest BCUT2D eigenvalue weighted by Gasteiger charge is -2.05. The van der Waals surface area contributed by atoms with Gasteiger partial charge in [0.05, 0.1) is 24.0 Å². The lowest BCUT2D eigenvalue weighted by Crippen LogP contribution is -1.89. The van der Waals surface area contributed by atoms with E-state index in [-0.39, 0.29) is 0 Å². The Morgan fingerprint density at radius 3 is 2.11 bits per heavy atom. The van der Waals surface area contributed by atoms with Crippen molar-refractivity contribution in [2.24, 2.45) is 0 Å². The van der Waals surface area contributed by atoms with Gasteiger partial charge in [0, 0.05) is 33.1 Å². The molecule has 0 N–H and O–H groups in total. The summed E-state index contributed by atoms with van der Waals surface area (Å²) in [7, 11) is 0. The van der Waals surface area contributed by atoms with Gasteiger partial charge in [-0.25, -0.2) is 9.97 Å². The van der Waals surface area contributed by atoms with Gasteiger partial charge in [-0.3, -0.25) is 0 Å². The molecule has 0 fully saturated rings. The van der Waals surface area contributed by atoms with Crippen molar-refractivity contribution in [3.63, 3.8) is 0 Å². The molecule has 0 saturated carbocycles. The summed E-state index contributed by atoms with van der Waals surface area (Å²) in [4.78, 5) is 17.2. The number of ether oxygens (including phenoxy) is 1. The monoisotopic (exact) mass is 630 g/mol. The second kappa shape index (κ2) is 9.38. The minimum atomic E-state index is 0.509. The summed E-state index contributed by atoms with van der Waals surface area (Å²) in [6.07, 6.45) is 5.97. The van der Waals surface area contributed by atoms with E-state index < -0.39 is 0 Å². The van der Waals surface area contributed by atoms with Crippen molar-refractivity contribution in [3.8, 4) is 28.7 Å². The number of oxazole rings is 2. The number of furan rings is 1. The molecule has 0 spiro atoms. The molecule has 8 nitrogen and oxygen atoms in total. The van der Waals surface area contributed by atoms with Crippen molar-refractivity contribution in [1.29, 1.82) is 0 Å². The number of halogens is 2. The van der Waals surface area contributed by atoms with E-state index in [0.29, 0.717) is 40.8 Å². The predicted octanol–water partition coefficient (Wildman–Crippen LogP) is 7.99. The Morgan fingerprint density at radius 2 is 1.39 bits per heavy atom. The van der Waals surface area contributed by atoms with Crippen LogP contribution >= 0.6 is 31.9 Å². The Balaban J connectivity index is 0.000000127. The maximum atomic E-state index is 5.76. The van der Waals surface area contributed by atoms with Gasteiger partial charge in [-0.2, -0.15) is 9.97 Å². The quantitative estimate of drug-likeness (QED) is 0.189. The molecule has 0 unspecified atom stereocenters. The number of aromatic nitrogens is 4. The Hall–Kier alpha value is -4.02. The molecule has 0 amide bonds. The van der Waals surface area contributed by atoms with Gasteiger partial charge in [-0.15, -0.1) is 0 Å². The lowest BCUT2D eigenvalue weighted by atomic mass is 10.1. The molecule has 6 heterocycles. The van der Waals surface area contributed by atoms with E-state index in [2.05, 4.69) is 57.9 Å². The number of hydrogen-bond donors (Lipinski definition) is 0. The Morgan fingerprint density at radius 1 is 0.737 bits per heavy atom. The third kappa shape index (κ3) is 4.15. The van der Waals surface area contributed by atoms with Crippen LogP contribution < -0.4 is 4.74 Å². The molecule has 2 aromatic carbocycles. The molecule has 8 rings (SSSR count). The fraction of sp³-hybridized carbons (Fsp3) is 0.0714. The molecular formula is C28H16Br2N4O4. The van der Waals surface area contributed by atoms with Crippen molar-refractivity contribution < 1.29 is 18.0 Å². The van der Waals surface area contributed by atoms with E-state index >= 15 is 0 Å². The Bertz CT molecular complexity index is 1890. The van der Waals surface area contributed by atoms with Crippen LogP contribution in [0.4, 0.5) is 0 Å². The second-order valence-electron chi connectivity index (χ2n) is 8.52. The van der Waals surface area contributed by atoms with Gasteiger partial charge in [0.25, 0.3) is 0 Å². The molecule has 0 radical (unpaired) electrons. The summed E-state index contributed by atoms with van der Waals surface area (Å²) in [6, 6.07) is 17.2. The first-order valence-electron chi connectivity index (χ1n) is 11.7. The average molecular weight is 632 g/mol. The smallest absolute Gasteiger partial charge is 0.232 e. The number of pyridine rings is 2. The molecule has 0 aliphatic carbocycles. The van der Waals surface area contributed by atoms with Crippen LogP contribution in [0.15, 0.2) is 95.5 Å². The maximum Gasteiger partial charge on any atom is 0.232 e. The normalized spacial score (nSPS) is 12.5. The third-order valence-corrected chi connectivity index (χ3v) is 6.97. The van der Waals surface area contributed by atoms with E-state index in [1.54, 1.807) is 18.7 Å². The van der Waals surface area contributed by atoms with Crippen LogP contribution in [0.2, 0.25) is 0 Å². The topological polar surface area (TPSA) is 100 Å². The summed E-state index contributed by atoms with van der Waals surface area (Å²) in [5.41, 5.74) is 6.18. The van der Waals surface area contributed by atoms with E-state index in [9.17, 15) is 0 Å². The van der Waals surface area contributed by atoms with Crippen LogP contribution in [0.5, 0.6) is 5.75 Å². The first kappa shape index (κ1) is 23.1. The summed E-state index contributed by atoms with van der Waals surface area (Å²) in [5.74, 6) is 1.93. The largest absolute Gasteiger partial charge is 0.492 e. The highest BCUT2D eigenvalue weighted by Gasteiger charge is 2.22. The molecule has 1 aliphatic heterocycles. The minimum Gasteiger partial charge on any atom is -0.492 e. The van der Waals surface area contributed by atoms with Crippen LogP contribution in [0.3, 0.4) is 0 Å². The standard InChI is InChI=1S/C14H9BrN2O2.C14H7BrN2O2/c2*15-9-6-8-3-5-18-12(8)10(7-9)14-17-13-11(19-14)2-1-4-16-13/h1-2,4,6-7H,3,5H2;1-7H. The predicted molar refractivity (Wildman–Crippen MR) is 149 cm³/mol. The van der Waals surface area contributed by atoms with Gasteiger partial charge >= 0.3 is 0 Å². The fourth-order valence-corrected chi connectivity index (χ4v) is 5.38. The molecule has 186 valence electrons. The maximum absolute atomic E-state index is 5.76. The first-order valence-corrected chi connectivity index (χ1v) is 13.3. The van der Waals surface area contributed by atoms with Crippen LogP contribution in [-0.4, -0.2) is 26.5 Å². The Kier molecular flexibility index (Phi) is 5.70. The summed E-state index contributed by atoms with van der Waals surface area (Å²) in [5, 5.41) is 1.000. The molecule has 0 bridgehead atoms. The van der Waals surface area contributed by atoms with Gasteiger partial charge in [-0.1, -0.05) is 31.9 Å². The SMILES string of the molecule is Brc1cc(-c2nc3ncccc3o2)c2occc2c1.Brc1cc2c(c(-c3nc4ncccc4o3)c1)OCC2. The van der Waals surface area contributed by atoms with Crippen LogP contribution in [0.1, 0.15) is 5.56 Å². The van der Waals surface area contributed by atoms with Gasteiger partial charge in [0.1, 0.15) is 11.3 Å². The molecular weight excluding hydrogens is 616 g/mol. The molecule has 0 atom stereocenters. The van der Waals surface area contributed by atoms with Crippen molar-refractivity contribution in [3.05, 3.63) is 87.8 Å². The first-order chi connectivity index (χ1) is 18.6. The number of nitrogens with zero attached hydrogens (tertiary/aromatic N) is 4. The fourth-order valence-electron chi connectivity index (χ4n) is 4.40. The zero-order valence-electron chi connectivity index (χ0n) is 19.5. The van der Waals surface area contributed by atoms with Gasteiger partial charge < -0.3 is 18.0 Å². The van der Waals surface area contributed by atoms with Gasteiger partial charge in [-0.05, 0) is 60.2 Å². The van der Waals surface area contributed by atoms with Gasteiger partial charge in [0.15, 0.2) is 22.5 Å². The number of rotatable bonds is 2. The van der Waals surface area contributed by atoms with E-state index in [1.807, 2.05) is 48.5 Å². The summed E-state index contributed by atoms with van der Waals surface area (Å²) in [6.45, 7) is 0.706. The third-order valence-electron chi connectivity index (χ3n) is 6.06. The van der Waals surface area contributed by atoms with Crippen molar-refractivity contribution in [1.82, 2.24) is 19.9 Å². The zero-order chi connectivity index (χ0) is 25.6. The molecule has 10 heteroatoms. The molecule has 1 aliphatic rings.